The largest absolute Gasteiger partial charge is 0.493 e. The van der Waals surface area contributed by atoms with Crippen LogP contribution in [0.15, 0.2) is 30.3 Å². The molecule has 0 bridgehead atoms. The van der Waals surface area contributed by atoms with E-state index >= 15 is 0 Å². The van der Waals surface area contributed by atoms with Gasteiger partial charge in [-0.2, -0.15) is 0 Å². The number of benzene rings is 2. The molecule has 0 radical (unpaired) electrons. The van der Waals surface area contributed by atoms with Gasteiger partial charge in [-0.3, -0.25) is 9.59 Å². The molecule has 0 spiro atoms. The fraction of sp³-hybridized carbons (Fsp3) is 0.364. The Hall–Kier alpha value is -3.22. The number of piperidine rings is 1. The molecule has 0 atom stereocenters. The van der Waals surface area contributed by atoms with Gasteiger partial charge < -0.3 is 24.4 Å². The fourth-order valence-corrected chi connectivity index (χ4v) is 3.51. The highest BCUT2D eigenvalue weighted by Crippen LogP contribution is 2.38. The monoisotopic (exact) mass is 398 g/mol. The number of ether oxygens (including phenoxy) is 3. The number of hydrogen-bond donors (Lipinski definition) is 1. The smallest absolute Gasteiger partial charge is 0.255 e. The average Bonchev–Trinajstić information content (AvgIpc) is 2.73. The molecule has 2 amide bonds. The second kappa shape index (κ2) is 8.86. The molecule has 2 aromatic carbocycles. The van der Waals surface area contributed by atoms with Gasteiger partial charge in [-0.15, -0.1) is 0 Å². The minimum atomic E-state index is -0.301. The molecule has 1 saturated heterocycles. The average molecular weight is 398 g/mol. The Morgan fingerprint density at radius 1 is 1.00 bits per heavy atom. The number of methoxy groups -OCH3 is 3. The zero-order valence-corrected chi connectivity index (χ0v) is 17.2. The molecule has 0 aliphatic carbocycles. The van der Waals surface area contributed by atoms with Gasteiger partial charge in [0.15, 0.2) is 11.5 Å². The van der Waals surface area contributed by atoms with Crippen molar-refractivity contribution < 1.29 is 23.8 Å². The maximum absolute atomic E-state index is 12.8. The normalized spacial score (nSPS) is 13.8. The molecule has 1 aliphatic heterocycles. The number of carbonyl (C=O) groups excluding carboxylic acids is 2. The first kappa shape index (κ1) is 20.5. The third-order valence-electron chi connectivity index (χ3n) is 5.00. The second-order valence-electron chi connectivity index (χ2n) is 6.87. The van der Waals surface area contributed by atoms with Crippen LogP contribution in [0.2, 0.25) is 0 Å². The summed E-state index contributed by atoms with van der Waals surface area (Å²) in [6.45, 7) is 2.67. The summed E-state index contributed by atoms with van der Waals surface area (Å²) in [5, 5.41) is 2.89. The number of amides is 2. The van der Waals surface area contributed by atoms with E-state index in [9.17, 15) is 9.59 Å². The van der Waals surface area contributed by atoms with Gasteiger partial charge in [-0.05, 0) is 55.7 Å². The zero-order chi connectivity index (χ0) is 21.0. The van der Waals surface area contributed by atoms with Crippen molar-refractivity contribution in [3.63, 3.8) is 0 Å². The molecule has 1 heterocycles. The molecular formula is C22H26N2O5. The van der Waals surface area contributed by atoms with Crippen molar-refractivity contribution in [2.45, 2.75) is 26.2 Å². The first-order valence-electron chi connectivity index (χ1n) is 9.51. The lowest BCUT2D eigenvalue weighted by Crippen LogP contribution is -2.35. The van der Waals surface area contributed by atoms with E-state index in [0.29, 0.717) is 34.9 Å². The van der Waals surface area contributed by atoms with Crippen molar-refractivity contribution in [3.05, 3.63) is 41.5 Å². The van der Waals surface area contributed by atoms with Crippen LogP contribution in [0.25, 0.3) is 0 Å². The third kappa shape index (κ3) is 4.29. The number of nitrogens with zero attached hydrogens (tertiary/aromatic N) is 1. The van der Waals surface area contributed by atoms with Gasteiger partial charge in [0.1, 0.15) is 0 Å². The lowest BCUT2D eigenvalue weighted by atomic mass is 10.1. The minimum Gasteiger partial charge on any atom is -0.493 e. The molecule has 7 heteroatoms. The van der Waals surface area contributed by atoms with Crippen molar-refractivity contribution in [1.82, 2.24) is 0 Å². The molecule has 29 heavy (non-hydrogen) atoms. The van der Waals surface area contributed by atoms with E-state index in [1.165, 1.54) is 21.3 Å². The van der Waals surface area contributed by atoms with Gasteiger partial charge in [0.2, 0.25) is 11.7 Å². The van der Waals surface area contributed by atoms with Gasteiger partial charge in [-0.1, -0.05) is 0 Å². The molecular weight excluding hydrogens is 372 g/mol. The Kier molecular flexibility index (Phi) is 6.26. The van der Waals surface area contributed by atoms with Crippen LogP contribution in [0.4, 0.5) is 11.4 Å². The van der Waals surface area contributed by atoms with E-state index in [-0.39, 0.29) is 11.8 Å². The lowest BCUT2D eigenvalue weighted by molar-refractivity contribution is -0.119. The number of rotatable bonds is 6. The number of carbonyl (C=O) groups is 2. The number of anilines is 2. The van der Waals surface area contributed by atoms with Crippen LogP contribution in [0.1, 0.15) is 35.2 Å². The topological polar surface area (TPSA) is 77.1 Å². The van der Waals surface area contributed by atoms with Crippen molar-refractivity contribution >= 4 is 23.2 Å². The van der Waals surface area contributed by atoms with E-state index in [0.717, 1.165) is 30.6 Å². The summed E-state index contributed by atoms with van der Waals surface area (Å²) in [5.41, 5.74) is 2.85. The summed E-state index contributed by atoms with van der Waals surface area (Å²) >= 11 is 0. The Morgan fingerprint density at radius 2 is 1.69 bits per heavy atom. The predicted molar refractivity (Wildman–Crippen MR) is 111 cm³/mol. The number of aryl methyl sites for hydroxylation is 1. The van der Waals surface area contributed by atoms with Crippen LogP contribution in [-0.4, -0.2) is 39.7 Å². The Labute approximate surface area is 170 Å². The van der Waals surface area contributed by atoms with E-state index in [2.05, 4.69) is 5.32 Å². The van der Waals surface area contributed by atoms with Gasteiger partial charge in [-0.25, -0.2) is 0 Å². The van der Waals surface area contributed by atoms with Gasteiger partial charge in [0, 0.05) is 29.9 Å². The molecule has 0 aromatic heterocycles. The lowest BCUT2D eigenvalue weighted by Gasteiger charge is -2.28. The SMILES string of the molecule is COc1cc(C(=O)Nc2ccc(N3CCCCC3=O)c(C)c2)cc(OC)c1OC. The van der Waals surface area contributed by atoms with Gasteiger partial charge in [0.05, 0.1) is 21.3 Å². The Morgan fingerprint density at radius 3 is 2.24 bits per heavy atom. The first-order chi connectivity index (χ1) is 14.0. The van der Waals surface area contributed by atoms with E-state index < -0.39 is 0 Å². The summed E-state index contributed by atoms with van der Waals surface area (Å²) < 4.78 is 15.9. The summed E-state index contributed by atoms with van der Waals surface area (Å²) in [4.78, 5) is 26.8. The Balaban J connectivity index is 1.82. The van der Waals surface area contributed by atoms with Crippen molar-refractivity contribution in [3.8, 4) is 17.2 Å². The summed E-state index contributed by atoms with van der Waals surface area (Å²) in [7, 11) is 4.52. The van der Waals surface area contributed by atoms with Gasteiger partial charge in [0.25, 0.3) is 5.91 Å². The molecule has 1 fully saturated rings. The highest BCUT2D eigenvalue weighted by atomic mass is 16.5. The second-order valence-corrected chi connectivity index (χ2v) is 6.87. The Bertz CT molecular complexity index is 900. The third-order valence-corrected chi connectivity index (χ3v) is 5.00. The predicted octanol–water partition coefficient (Wildman–Crippen LogP) is 3.79. The van der Waals surface area contributed by atoms with Crippen molar-refractivity contribution in [1.29, 1.82) is 0 Å². The zero-order valence-electron chi connectivity index (χ0n) is 17.2. The number of hydrogen-bond acceptors (Lipinski definition) is 5. The van der Waals surface area contributed by atoms with Crippen LogP contribution in [0, 0.1) is 6.92 Å². The summed E-state index contributed by atoms with van der Waals surface area (Å²) in [5.74, 6) is 1.09. The molecule has 1 N–H and O–H groups in total. The van der Waals surface area contributed by atoms with Crippen LogP contribution in [0.5, 0.6) is 17.2 Å². The van der Waals surface area contributed by atoms with Crippen molar-refractivity contribution in [2.24, 2.45) is 0 Å². The van der Waals surface area contributed by atoms with Crippen LogP contribution >= 0.6 is 0 Å². The summed E-state index contributed by atoms with van der Waals surface area (Å²) in [6, 6.07) is 8.76. The minimum absolute atomic E-state index is 0.147. The van der Waals surface area contributed by atoms with Crippen LogP contribution in [-0.2, 0) is 4.79 Å². The maximum Gasteiger partial charge on any atom is 0.255 e. The standard InChI is InChI=1S/C22H26N2O5/c1-14-11-16(8-9-17(14)24-10-6-5-7-20(24)25)23-22(26)15-12-18(27-2)21(29-4)19(13-15)28-3/h8-9,11-13H,5-7,10H2,1-4H3,(H,23,26). The van der Waals surface area contributed by atoms with Gasteiger partial charge >= 0.3 is 0 Å². The quantitative estimate of drug-likeness (QED) is 0.801. The number of nitrogens with one attached hydrogen (secondary N) is 1. The highest BCUT2D eigenvalue weighted by molar-refractivity contribution is 6.05. The van der Waals surface area contributed by atoms with E-state index in [1.807, 2.05) is 24.0 Å². The molecule has 0 saturated carbocycles. The molecule has 154 valence electrons. The van der Waals surface area contributed by atoms with E-state index in [4.69, 9.17) is 14.2 Å². The van der Waals surface area contributed by atoms with Crippen molar-refractivity contribution in [2.75, 3.05) is 38.1 Å². The fourth-order valence-electron chi connectivity index (χ4n) is 3.51. The maximum atomic E-state index is 12.8. The first-order valence-corrected chi connectivity index (χ1v) is 9.51. The molecule has 2 aromatic rings. The molecule has 1 aliphatic rings. The van der Waals surface area contributed by atoms with Crippen LogP contribution < -0.4 is 24.4 Å². The van der Waals surface area contributed by atoms with E-state index in [1.54, 1.807) is 18.2 Å². The van der Waals surface area contributed by atoms with Crippen LogP contribution in [0.3, 0.4) is 0 Å². The molecule has 0 unspecified atom stereocenters. The molecule has 3 rings (SSSR count). The molecule has 7 nitrogen and oxygen atoms in total. The summed E-state index contributed by atoms with van der Waals surface area (Å²) in [6.07, 6.45) is 2.53. The highest BCUT2D eigenvalue weighted by Gasteiger charge is 2.21.